The van der Waals surface area contributed by atoms with Crippen molar-refractivity contribution in [3.8, 4) is 11.5 Å². The predicted molar refractivity (Wildman–Crippen MR) is 138 cm³/mol. The fourth-order valence-electron chi connectivity index (χ4n) is 5.10. The van der Waals surface area contributed by atoms with Crippen LogP contribution >= 0.6 is 23.4 Å². The van der Waals surface area contributed by atoms with Gasteiger partial charge in [0.2, 0.25) is 0 Å². The highest BCUT2D eigenvalue weighted by Gasteiger charge is 2.48. The Kier molecular flexibility index (Phi) is 8.59. The van der Waals surface area contributed by atoms with Crippen LogP contribution in [-0.4, -0.2) is 53.4 Å². The first-order valence-electron chi connectivity index (χ1n) is 12.3. The monoisotopic (exact) mass is 550 g/mol. The zero-order valence-corrected chi connectivity index (χ0v) is 22.7. The van der Waals surface area contributed by atoms with Gasteiger partial charge in [-0.2, -0.15) is 0 Å². The van der Waals surface area contributed by atoms with E-state index in [-0.39, 0.29) is 40.5 Å². The first kappa shape index (κ1) is 27.2. The van der Waals surface area contributed by atoms with Gasteiger partial charge in [0.1, 0.15) is 33.5 Å². The van der Waals surface area contributed by atoms with Gasteiger partial charge in [0.05, 0.1) is 32.0 Å². The molecular weight excluding hydrogens is 520 g/mol. The highest BCUT2D eigenvalue weighted by molar-refractivity contribution is 8.03. The van der Waals surface area contributed by atoms with Gasteiger partial charge >= 0.3 is 11.9 Å². The molecule has 9 nitrogen and oxygen atoms in total. The molecule has 11 heteroatoms. The van der Waals surface area contributed by atoms with Crippen molar-refractivity contribution in [2.24, 2.45) is 5.92 Å². The smallest absolute Gasteiger partial charge is 0.356 e. The number of hydrogen-bond donors (Lipinski definition) is 2. The van der Waals surface area contributed by atoms with Crippen molar-refractivity contribution < 1.29 is 33.6 Å². The van der Waals surface area contributed by atoms with E-state index in [0.29, 0.717) is 29.4 Å². The molecule has 1 aromatic heterocycles. The fraction of sp³-hybridized carbons (Fsp3) is 0.500. The number of benzene rings is 1. The van der Waals surface area contributed by atoms with E-state index in [4.69, 9.17) is 30.5 Å². The first-order chi connectivity index (χ1) is 17.8. The molecule has 2 N–H and O–H groups in total. The normalized spacial score (nSPS) is 20.2. The topological polar surface area (TPSA) is 120 Å². The lowest BCUT2D eigenvalue weighted by molar-refractivity contribution is -0.166. The molecule has 1 aliphatic carbocycles. The van der Waals surface area contributed by atoms with Crippen molar-refractivity contribution in [3.63, 3.8) is 0 Å². The van der Waals surface area contributed by atoms with Gasteiger partial charge in [0, 0.05) is 12.5 Å². The zero-order chi connectivity index (χ0) is 26.6. The number of carbonyl (C=O) groups is 2. The molecular formula is C26H31ClN2O7S. The average Bonchev–Trinajstić information content (AvgIpc) is 3.58. The molecule has 2 heterocycles. The summed E-state index contributed by atoms with van der Waals surface area (Å²) in [5, 5.41) is 11.8. The number of cyclic esters (lactones) is 1. The number of aromatic nitrogens is 2. The lowest BCUT2D eigenvalue weighted by Crippen LogP contribution is -2.45. The van der Waals surface area contributed by atoms with Gasteiger partial charge in [-0.05, 0) is 61.9 Å². The van der Waals surface area contributed by atoms with E-state index < -0.39 is 17.5 Å². The maximum absolute atomic E-state index is 13.2. The van der Waals surface area contributed by atoms with Crippen LogP contribution in [0.25, 0.3) is 0 Å². The molecule has 2 aliphatic rings. The Balaban J connectivity index is 1.57. The van der Waals surface area contributed by atoms with Crippen LogP contribution in [-0.2, 0) is 20.7 Å². The van der Waals surface area contributed by atoms with E-state index in [1.54, 1.807) is 33.3 Å². The summed E-state index contributed by atoms with van der Waals surface area (Å²) in [6.45, 7) is 1.94. The Morgan fingerprint density at radius 1 is 1.27 bits per heavy atom. The average molecular weight is 551 g/mol. The van der Waals surface area contributed by atoms with Crippen LogP contribution in [0.3, 0.4) is 0 Å². The molecule has 1 aromatic carbocycles. The van der Waals surface area contributed by atoms with Crippen LogP contribution in [0, 0.1) is 5.92 Å². The minimum atomic E-state index is -0.849. The molecule has 0 spiro atoms. The van der Waals surface area contributed by atoms with Crippen molar-refractivity contribution in [3.05, 3.63) is 45.3 Å². The standard InChI is InChI=1S/C26H31ClN2O7S/c1-4-35-23(31)18-14-28-25(29-18)37-22-19(30)13-26(36-24(22)32,16-7-5-6-8-16)10-9-15-11-17(27)21(34-3)12-20(15)33-2/h11-12,14,16,30H,4-10,13H2,1-3H3,(H,28,29). The van der Waals surface area contributed by atoms with E-state index in [2.05, 4.69) is 9.97 Å². The number of aromatic amines is 1. The van der Waals surface area contributed by atoms with Crippen LogP contribution in [0.4, 0.5) is 0 Å². The van der Waals surface area contributed by atoms with Crippen molar-refractivity contribution >= 4 is 35.3 Å². The molecule has 1 unspecified atom stereocenters. The Bertz CT molecular complexity index is 1190. The molecule has 200 valence electrons. The number of rotatable bonds is 10. The summed E-state index contributed by atoms with van der Waals surface area (Å²) >= 11 is 7.31. The number of hydrogen-bond acceptors (Lipinski definition) is 9. The fourth-order valence-corrected chi connectivity index (χ4v) is 6.14. The minimum absolute atomic E-state index is 0.0398. The number of halogens is 1. The molecule has 1 saturated carbocycles. The van der Waals surface area contributed by atoms with Crippen molar-refractivity contribution in [2.75, 3.05) is 20.8 Å². The summed E-state index contributed by atoms with van der Waals surface area (Å²) in [7, 11) is 3.13. The van der Waals surface area contributed by atoms with Crippen LogP contribution in [0.5, 0.6) is 11.5 Å². The van der Waals surface area contributed by atoms with Gasteiger partial charge in [-0.1, -0.05) is 24.4 Å². The van der Waals surface area contributed by atoms with E-state index in [1.807, 2.05) is 0 Å². The molecule has 0 amide bonds. The number of nitrogens with zero attached hydrogens (tertiary/aromatic N) is 1. The Morgan fingerprint density at radius 3 is 2.65 bits per heavy atom. The van der Waals surface area contributed by atoms with Gasteiger partial charge in [0.15, 0.2) is 5.16 Å². The molecule has 1 aliphatic heterocycles. The van der Waals surface area contributed by atoms with E-state index in [9.17, 15) is 14.7 Å². The van der Waals surface area contributed by atoms with Crippen molar-refractivity contribution in [1.29, 1.82) is 0 Å². The summed E-state index contributed by atoms with van der Waals surface area (Å²) in [5.74, 6) is 0.0975. The quantitative estimate of drug-likeness (QED) is 0.363. The third-order valence-corrected chi connectivity index (χ3v) is 8.23. The maximum atomic E-state index is 13.2. The zero-order valence-electron chi connectivity index (χ0n) is 21.1. The number of aliphatic hydroxyl groups excluding tert-OH is 1. The highest BCUT2D eigenvalue weighted by atomic mass is 35.5. The molecule has 0 bridgehead atoms. The minimum Gasteiger partial charge on any atom is -0.511 e. The number of thioether (sulfide) groups is 1. The van der Waals surface area contributed by atoms with Crippen LogP contribution < -0.4 is 9.47 Å². The molecule has 1 fully saturated rings. The Morgan fingerprint density at radius 2 is 2.00 bits per heavy atom. The Labute approximate surface area is 224 Å². The molecule has 1 atom stereocenters. The summed E-state index contributed by atoms with van der Waals surface area (Å²) in [5.41, 5.74) is 0.187. The number of aryl methyl sites for hydroxylation is 1. The van der Waals surface area contributed by atoms with E-state index in [0.717, 1.165) is 43.0 Å². The highest BCUT2D eigenvalue weighted by Crippen LogP contribution is 2.48. The summed E-state index contributed by atoms with van der Waals surface area (Å²) < 4.78 is 22.0. The number of carbonyl (C=O) groups excluding carboxylic acids is 2. The van der Waals surface area contributed by atoms with Gasteiger partial charge < -0.3 is 29.0 Å². The molecule has 0 radical (unpaired) electrons. The molecule has 37 heavy (non-hydrogen) atoms. The summed E-state index contributed by atoms with van der Waals surface area (Å²) in [4.78, 5) is 32.2. The number of imidazole rings is 1. The largest absolute Gasteiger partial charge is 0.511 e. The number of H-pyrrole nitrogens is 1. The summed E-state index contributed by atoms with van der Waals surface area (Å²) in [6.07, 6.45) is 6.51. The third-order valence-electron chi connectivity index (χ3n) is 6.93. The number of ether oxygens (including phenoxy) is 4. The third kappa shape index (κ3) is 5.85. The van der Waals surface area contributed by atoms with Crippen LogP contribution in [0.1, 0.15) is 61.5 Å². The van der Waals surface area contributed by atoms with E-state index >= 15 is 0 Å². The van der Waals surface area contributed by atoms with Gasteiger partial charge in [-0.15, -0.1) is 0 Å². The Hall–Kier alpha value is -2.85. The first-order valence-corrected chi connectivity index (χ1v) is 13.5. The lowest BCUT2D eigenvalue weighted by atomic mass is 9.77. The van der Waals surface area contributed by atoms with Gasteiger partial charge in [-0.25, -0.2) is 14.6 Å². The number of esters is 2. The SMILES string of the molecule is CCOC(=O)c1cnc(SC2=C(O)CC(CCc3cc(Cl)c(OC)cc3OC)(C3CCCC3)OC2=O)[nH]1. The second-order valence-corrected chi connectivity index (χ2v) is 10.5. The number of nitrogens with one attached hydrogen (secondary N) is 1. The predicted octanol–water partition coefficient (Wildman–Crippen LogP) is 5.63. The van der Waals surface area contributed by atoms with Gasteiger partial charge in [-0.3, -0.25) is 0 Å². The van der Waals surface area contributed by atoms with Crippen molar-refractivity contribution in [2.45, 2.75) is 62.6 Å². The second kappa shape index (κ2) is 11.7. The van der Waals surface area contributed by atoms with Crippen LogP contribution in [0.2, 0.25) is 5.02 Å². The number of aliphatic hydroxyl groups is 1. The van der Waals surface area contributed by atoms with Gasteiger partial charge in [0.25, 0.3) is 0 Å². The molecule has 4 rings (SSSR count). The van der Waals surface area contributed by atoms with E-state index in [1.165, 1.54) is 6.20 Å². The second-order valence-electron chi connectivity index (χ2n) is 9.11. The lowest BCUT2D eigenvalue weighted by Gasteiger charge is -2.41. The maximum Gasteiger partial charge on any atom is 0.356 e. The summed E-state index contributed by atoms with van der Waals surface area (Å²) in [6, 6.07) is 3.55. The van der Waals surface area contributed by atoms with Crippen LogP contribution in [0.15, 0.2) is 34.2 Å². The molecule has 2 aromatic rings. The van der Waals surface area contributed by atoms with Crippen molar-refractivity contribution in [1.82, 2.24) is 9.97 Å². The molecule has 0 saturated heterocycles. The number of methoxy groups -OCH3 is 2.